The fourth-order valence-electron chi connectivity index (χ4n) is 2.06. The molecule has 0 aromatic heterocycles. The van der Waals surface area contributed by atoms with Gasteiger partial charge in [-0.1, -0.05) is 40.2 Å². The maximum atomic E-state index is 11.4. The Bertz CT molecular complexity index is 628. The summed E-state index contributed by atoms with van der Waals surface area (Å²) in [5.41, 5.74) is 8.33. The Hall–Kier alpha value is -1.69. The van der Waals surface area contributed by atoms with Crippen LogP contribution in [-0.4, -0.2) is 19.6 Å². The van der Waals surface area contributed by atoms with E-state index in [0.29, 0.717) is 18.7 Å². The first-order chi connectivity index (χ1) is 10.6. The van der Waals surface area contributed by atoms with Crippen molar-refractivity contribution in [1.29, 1.82) is 0 Å². The van der Waals surface area contributed by atoms with Gasteiger partial charge in [-0.2, -0.15) is 0 Å². The van der Waals surface area contributed by atoms with Crippen LogP contribution in [0.5, 0.6) is 0 Å². The number of benzene rings is 2. The van der Waals surface area contributed by atoms with Crippen molar-refractivity contribution >= 4 is 21.9 Å². The molecule has 0 bridgehead atoms. The zero-order chi connectivity index (χ0) is 15.9. The Labute approximate surface area is 138 Å². The van der Waals surface area contributed by atoms with E-state index in [1.807, 2.05) is 36.4 Å². The molecule has 0 aliphatic heterocycles. The molecule has 0 amide bonds. The van der Waals surface area contributed by atoms with Crippen LogP contribution < -0.4 is 5.73 Å². The number of nitrogens with two attached hydrogens (primary N) is 1. The number of hydrogen-bond donors (Lipinski definition) is 1. The lowest BCUT2D eigenvalue weighted by molar-refractivity contribution is 0.0455. The molecule has 22 heavy (non-hydrogen) atoms. The van der Waals surface area contributed by atoms with Gasteiger partial charge in [0.2, 0.25) is 0 Å². The van der Waals surface area contributed by atoms with Gasteiger partial charge in [-0.05, 0) is 35.4 Å². The van der Waals surface area contributed by atoms with E-state index in [9.17, 15) is 4.79 Å². The van der Waals surface area contributed by atoms with Gasteiger partial charge in [0.25, 0.3) is 0 Å². The van der Waals surface area contributed by atoms with Crippen LogP contribution in [0.1, 0.15) is 27.6 Å². The number of ether oxygens (including phenoxy) is 2. The highest BCUT2D eigenvalue weighted by Crippen LogP contribution is 2.21. The summed E-state index contributed by atoms with van der Waals surface area (Å²) in [6.07, 6.45) is -0.169. The Kier molecular flexibility index (Phi) is 6.12. The van der Waals surface area contributed by atoms with E-state index in [1.165, 1.54) is 7.11 Å². The molecule has 1 atom stereocenters. The van der Waals surface area contributed by atoms with Gasteiger partial charge in [0.1, 0.15) is 0 Å². The average Bonchev–Trinajstić information content (AvgIpc) is 2.55. The van der Waals surface area contributed by atoms with Crippen molar-refractivity contribution in [3.63, 3.8) is 0 Å². The largest absolute Gasteiger partial charge is 0.465 e. The maximum absolute atomic E-state index is 11.4. The van der Waals surface area contributed by atoms with E-state index >= 15 is 0 Å². The quantitative estimate of drug-likeness (QED) is 0.798. The second kappa shape index (κ2) is 8.08. The summed E-state index contributed by atoms with van der Waals surface area (Å²) in [6.45, 7) is 0.826. The summed E-state index contributed by atoms with van der Waals surface area (Å²) in [4.78, 5) is 11.4. The number of esters is 1. The molecule has 0 saturated heterocycles. The minimum atomic E-state index is -0.346. The first-order valence-electron chi connectivity index (χ1n) is 6.88. The molecule has 116 valence electrons. The highest BCUT2D eigenvalue weighted by Gasteiger charge is 2.11. The standard InChI is InChI=1S/C17H18BrNO3/c1-21-17(20)13-7-5-12(6-8-13)11-22-16(10-19)14-3-2-4-15(18)9-14/h2-9,16H,10-11,19H2,1H3. The summed E-state index contributed by atoms with van der Waals surface area (Å²) < 4.78 is 11.5. The molecule has 0 radical (unpaired) electrons. The van der Waals surface area contributed by atoms with E-state index in [4.69, 9.17) is 10.5 Å². The van der Waals surface area contributed by atoms with Crippen LogP contribution in [-0.2, 0) is 16.1 Å². The van der Waals surface area contributed by atoms with Crippen molar-refractivity contribution in [3.8, 4) is 0 Å². The Morgan fingerprint density at radius 3 is 2.55 bits per heavy atom. The molecule has 0 aliphatic carbocycles. The molecule has 2 N–H and O–H groups in total. The lowest BCUT2D eigenvalue weighted by Crippen LogP contribution is -2.15. The minimum absolute atomic E-state index is 0.169. The van der Waals surface area contributed by atoms with Gasteiger partial charge >= 0.3 is 5.97 Å². The van der Waals surface area contributed by atoms with E-state index in [0.717, 1.165) is 15.6 Å². The normalized spacial score (nSPS) is 12.0. The van der Waals surface area contributed by atoms with Gasteiger partial charge in [0.05, 0.1) is 25.4 Å². The predicted octanol–water partition coefficient (Wildman–Crippen LogP) is 3.45. The summed E-state index contributed by atoms with van der Waals surface area (Å²) in [5, 5.41) is 0. The van der Waals surface area contributed by atoms with Crippen molar-refractivity contribution in [2.45, 2.75) is 12.7 Å². The minimum Gasteiger partial charge on any atom is -0.465 e. The van der Waals surface area contributed by atoms with E-state index in [1.54, 1.807) is 12.1 Å². The molecule has 2 aromatic rings. The van der Waals surface area contributed by atoms with Crippen molar-refractivity contribution in [2.75, 3.05) is 13.7 Å². The zero-order valence-electron chi connectivity index (χ0n) is 12.3. The molecule has 0 fully saturated rings. The molecule has 0 aliphatic rings. The molecule has 2 rings (SSSR count). The van der Waals surface area contributed by atoms with Gasteiger partial charge in [-0.25, -0.2) is 4.79 Å². The number of hydrogen-bond acceptors (Lipinski definition) is 4. The smallest absolute Gasteiger partial charge is 0.337 e. The highest BCUT2D eigenvalue weighted by atomic mass is 79.9. The highest BCUT2D eigenvalue weighted by molar-refractivity contribution is 9.10. The fourth-order valence-corrected chi connectivity index (χ4v) is 2.48. The molecule has 0 heterocycles. The van der Waals surface area contributed by atoms with Crippen LogP contribution in [0.15, 0.2) is 53.0 Å². The fraction of sp³-hybridized carbons (Fsp3) is 0.235. The topological polar surface area (TPSA) is 61.5 Å². The zero-order valence-corrected chi connectivity index (χ0v) is 13.9. The first kappa shape index (κ1) is 16.7. The number of carbonyl (C=O) groups excluding carboxylic acids is 1. The molecule has 0 spiro atoms. The third-order valence-corrected chi connectivity index (χ3v) is 3.75. The molecule has 0 saturated carbocycles. The van der Waals surface area contributed by atoms with Crippen molar-refractivity contribution in [3.05, 3.63) is 69.7 Å². The summed E-state index contributed by atoms with van der Waals surface area (Å²) in [5.74, 6) is -0.346. The van der Waals surface area contributed by atoms with E-state index in [-0.39, 0.29) is 12.1 Å². The Balaban J connectivity index is 2.00. The third kappa shape index (κ3) is 4.40. The monoisotopic (exact) mass is 363 g/mol. The summed E-state index contributed by atoms with van der Waals surface area (Å²) in [6, 6.07) is 15.0. The van der Waals surface area contributed by atoms with Gasteiger partial charge in [0, 0.05) is 11.0 Å². The van der Waals surface area contributed by atoms with Crippen molar-refractivity contribution in [1.82, 2.24) is 0 Å². The van der Waals surface area contributed by atoms with Crippen LogP contribution in [0.25, 0.3) is 0 Å². The molecule has 4 nitrogen and oxygen atoms in total. The SMILES string of the molecule is COC(=O)c1ccc(COC(CN)c2cccc(Br)c2)cc1. The number of carbonyl (C=O) groups is 1. The van der Waals surface area contributed by atoms with Crippen LogP contribution >= 0.6 is 15.9 Å². The van der Waals surface area contributed by atoms with E-state index < -0.39 is 0 Å². The third-order valence-electron chi connectivity index (χ3n) is 3.26. The lowest BCUT2D eigenvalue weighted by atomic mass is 10.1. The van der Waals surface area contributed by atoms with Gasteiger partial charge in [0.15, 0.2) is 0 Å². The second-order valence-corrected chi connectivity index (χ2v) is 5.69. The Morgan fingerprint density at radius 2 is 1.95 bits per heavy atom. The maximum Gasteiger partial charge on any atom is 0.337 e. The van der Waals surface area contributed by atoms with Crippen molar-refractivity contribution < 1.29 is 14.3 Å². The number of methoxy groups -OCH3 is 1. The van der Waals surface area contributed by atoms with E-state index in [2.05, 4.69) is 20.7 Å². The Morgan fingerprint density at radius 1 is 1.23 bits per heavy atom. The molecular formula is C17H18BrNO3. The van der Waals surface area contributed by atoms with Crippen LogP contribution in [0, 0.1) is 0 Å². The average molecular weight is 364 g/mol. The molecule has 2 aromatic carbocycles. The first-order valence-corrected chi connectivity index (χ1v) is 7.67. The predicted molar refractivity (Wildman–Crippen MR) is 88.5 cm³/mol. The second-order valence-electron chi connectivity index (χ2n) is 4.78. The molecule has 5 heteroatoms. The van der Waals surface area contributed by atoms with Gasteiger partial charge in [-0.3, -0.25) is 0 Å². The lowest BCUT2D eigenvalue weighted by Gasteiger charge is -2.17. The number of rotatable bonds is 6. The molecular weight excluding hydrogens is 346 g/mol. The van der Waals surface area contributed by atoms with Crippen molar-refractivity contribution in [2.24, 2.45) is 5.73 Å². The van der Waals surface area contributed by atoms with Crippen LogP contribution in [0.3, 0.4) is 0 Å². The van der Waals surface area contributed by atoms with Crippen LogP contribution in [0.4, 0.5) is 0 Å². The molecule has 1 unspecified atom stereocenters. The van der Waals surface area contributed by atoms with Crippen LogP contribution in [0.2, 0.25) is 0 Å². The van der Waals surface area contributed by atoms with Gasteiger partial charge < -0.3 is 15.2 Å². The van der Waals surface area contributed by atoms with Gasteiger partial charge in [-0.15, -0.1) is 0 Å². The summed E-state index contributed by atoms with van der Waals surface area (Å²) in [7, 11) is 1.36. The summed E-state index contributed by atoms with van der Waals surface area (Å²) >= 11 is 3.44. The number of halogens is 1.